The van der Waals surface area contributed by atoms with Crippen LogP contribution in [0.3, 0.4) is 0 Å². The second-order valence-electron chi connectivity index (χ2n) is 2.12. The Balaban J connectivity index is 2.89. The van der Waals surface area contributed by atoms with Crippen molar-refractivity contribution in [3.05, 3.63) is 12.2 Å². The maximum Gasteiger partial charge on any atom is 0.252 e. The first-order valence-corrected chi connectivity index (χ1v) is 2.88. The molecule has 1 aliphatic heterocycles. The molecule has 1 atom stereocenters. The Morgan fingerprint density at radius 3 is 2.70 bits per heavy atom. The van der Waals surface area contributed by atoms with E-state index in [0.29, 0.717) is 0 Å². The predicted molar refractivity (Wildman–Crippen MR) is 34.9 cm³/mol. The summed E-state index contributed by atoms with van der Waals surface area (Å²) in [5.41, 5.74) is 5.30. The van der Waals surface area contributed by atoms with Crippen LogP contribution in [0.1, 0.15) is 0 Å². The summed E-state index contributed by atoms with van der Waals surface area (Å²) in [7, 11) is 1.41. The lowest BCUT2D eigenvalue weighted by Gasteiger charge is -2.19. The fourth-order valence-electron chi connectivity index (χ4n) is 0.712. The summed E-state index contributed by atoms with van der Waals surface area (Å²) in [6.45, 7) is 0. The van der Waals surface area contributed by atoms with Crippen LogP contribution in [0.4, 0.5) is 0 Å². The van der Waals surface area contributed by atoms with Crippen molar-refractivity contribution in [1.82, 2.24) is 4.90 Å². The lowest BCUT2D eigenvalue weighted by atomic mass is 10.2. The summed E-state index contributed by atoms with van der Waals surface area (Å²) in [6.07, 6.45) is 2.69. The van der Waals surface area contributed by atoms with E-state index in [-0.39, 0.29) is 11.8 Å². The number of carbonyl (C=O) groups excluding carboxylic acids is 2. The molecule has 0 saturated heterocycles. The highest BCUT2D eigenvalue weighted by atomic mass is 16.2. The van der Waals surface area contributed by atoms with Gasteiger partial charge < -0.3 is 5.73 Å². The van der Waals surface area contributed by atoms with Crippen molar-refractivity contribution < 1.29 is 9.59 Å². The molecule has 0 aromatic rings. The van der Waals surface area contributed by atoms with Gasteiger partial charge in [-0.3, -0.25) is 14.5 Å². The third-order valence-electron chi connectivity index (χ3n) is 1.39. The highest BCUT2D eigenvalue weighted by Crippen LogP contribution is 2.00. The van der Waals surface area contributed by atoms with Crippen LogP contribution in [0, 0.1) is 0 Å². The van der Waals surface area contributed by atoms with Crippen molar-refractivity contribution in [2.24, 2.45) is 5.73 Å². The zero-order valence-electron chi connectivity index (χ0n) is 5.57. The van der Waals surface area contributed by atoms with Crippen LogP contribution in [-0.2, 0) is 9.59 Å². The standard InChI is InChI=1S/C6H8N2O2/c1-8-5(9)3-2-4(7)6(8)10/h2-4H,7H2,1H3. The minimum atomic E-state index is -0.650. The van der Waals surface area contributed by atoms with E-state index < -0.39 is 6.04 Å². The maximum atomic E-state index is 10.9. The molecule has 1 rings (SSSR count). The number of hydrogen-bond acceptors (Lipinski definition) is 3. The number of amides is 2. The SMILES string of the molecule is CN1C(=O)C=CC(N)C1=O. The molecule has 4 nitrogen and oxygen atoms in total. The second-order valence-corrected chi connectivity index (χ2v) is 2.12. The summed E-state index contributed by atoms with van der Waals surface area (Å²) < 4.78 is 0. The first-order valence-electron chi connectivity index (χ1n) is 2.88. The van der Waals surface area contributed by atoms with Crippen LogP contribution < -0.4 is 5.73 Å². The minimum Gasteiger partial charge on any atom is -0.317 e. The Kier molecular flexibility index (Phi) is 1.55. The number of rotatable bonds is 0. The number of nitrogens with zero attached hydrogens (tertiary/aromatic N) is 1. The normalized spacial score (nSPS) is 25.8. The van der Waals surface area contributed by atoms with Crippen molar-refractivity contribution in [2.45, 2.75) is 6.04 Å². The fraction of sp³-hybridized carbons (Fsp3) is 0.333. The highest BCUT2D eigenvalue weighted by molar-refractivity contribution is 6.06. The van der Waals surface area contributed by atoms with Gasteiger partial charge in [0.25, 0.3) is 5.91 Å². The third kappa shape index (κ3) is 0.930. The lowest BCUT2D eigenvalue weighted by Crippen LogP contribution is -2.46. The number of likely N-dealkylation sites (N-methyl/N-ethyl adjacent to an activating group) is 1. The minimum absolute atomic E-state index is 0.313. The largest absolute Gasteiger partial charge is 0.317 e. The monoisotopic (exact) mass is 140 g/mol. The average Bonchev–Trinajstić information content (AvgIpc) is 1.93. The van der Waals surface area contributed by atoms with Gasteiger partial charge in [0.1, 0.15) is 6.04 Å². The number of nitrogens with two attached hydrogens (primary N) is 1. The molecule has 2 amide bonds. The molecule has 2 N–H and O–H groups in total. The van der Waals surface area contributed by atoms with E-state index in [1.54, 1.807) is 0 Å². The Labute approximate surface area is 58.3 Å². The van der Waals surface area contributed by atoms with Crippen molar-refractivity contribution in [1.29, 1.82) is 0 Å². The topological polar surface area (TPSA) is 63.4 Å². The van der Waals surface area contributed by atoms with Gasteiger partial charge in [0, 0.05) is 13.1 Å². The van der Waals surface area contributed by atoms with Gasteiger partial charge in [0.05, 0.1) is 0 Å². The van der Waals surface area contributed by atoms with Gasteiger partial charge in [0.2, 0.25) is 5.91 Å². The van der Waals surface area contributed by atoms with Crippen LogP contribution >= 0.6 is 0 Å². The fourth-order valence-corrected chi connectivity index (χ4v) is 0.712. The Morgan fingerprint density at radius 2 is 2.20 bits per heavy atom. The number of carbonyl (C=O) groups is 2. The van der Waals surface area contributed by atoms with E-state index in [1.165, 1.54) is 19.2 Å². The average molecular weight is 140 g/mol. The molecule has 0 bridgehead atoms. The van der Waals surface area contributed by atoms with Crippen LogP contribution in [0.5, 0.6) is 0 Å². The highest BCUT2D eigenvalue weighted by Gasteiger charge is 2.23. The summed E-state index contributed by atoms with van der Waals surface area (Å²) in [5.74, 6) is -0.667. The lowest BCUT2D eigenvalue weighted by molar-refractivity contribution is -0.141. The van der Waals surface area contributed by atoms with Crippen LogP contribution in [0.25, 0.3) is 0 Å². The molecule has 1 aliphatic rings. The molecule has 0 aromatic heterocycles. The molecule has 1 unspecified atom stereocenters. The summed E-state index contributed by atoms with van der Waals surface area (Å²) in [6, 6.07) is -0.650. The van der Waals surface area contributed by atoms with Gasteiger partial charge >= 0.3 is 0 Å². The van der Waals surface area contributed by atoms with Crippen molar-refractivity contribution in [2.75, 3.05) is 7.05 Å². The molecule has 0 spiro atoms. The molecule has 0 fully saturated rings. The second kappa shape index (κ2) is 2.22. The molecule has 1 heterocycles. The molecular weight excluding hydrogens is 132 g/mol. The van der Waals surface area contributed by atoms with E-state index in [2.05, 4.69) is 0 Å². The van der Waals surface area contributed by atoms with Gasteiger partial charge in [0.15, 0.2) is 0 Å². The molecule has 4 heteroatoms. The number of hydrogen-bond donors (Lipinski definition) is 1. The molecule has 0 aliphatic carbocycles. The van der Waals surface area contributed by atoms with Crippen molar-refractivity contribution in [3.63, 3.8) is 0 Å². The van der Waals surface area contributed by atoms with Crippen LogP contribution in [0.2, 0.25) is 0 Å². The van der Waals surface area contributed by atoms with Crippen molar-refractivity contribution in [3.8, 4) is 0 Å². The van der Waals surface area contributed by atoms with E-state index in [4.69, 9.17) is 5.73 Å². The molecule has 0 radical (unpaired) electrons. The maximum absolute atomic E-state index is 10.9. The van der Waals surface area contributed by atoms with Crippen LogP contribution in [-0.4, -0.2) is 29.8 Å². The summed E-state index contributed by atoms with van der Waals surface area (Å²) >= 11 is 0. The number of imide groups is 1. The molecule has 10 heavy (non-hydrogen) atoms. The van der Waals surface area contributed by atoms with Crippen LogP contribution in [0.15, 0.2) is 12.2 Å². The van der Waals surface area contributed by atoms with E-state index in [9.17, 15) is 9.59 Å². The van der Waals surface area contributed by atoms with E-state index >= 15 is 0 Å². The zero-order valence-corrected chi connectivity index (χ0v) is 5.57. The Morgan fingerprint density at radius 1 is 1.60 bits per heavy atom. The van der Waals surface area contributed by atoms with Gasteiger partial charge in [-0.2, -0.15) is 0 Å². The molecule has 0 aromatic carbocycles. The van der Waals surface area contributed by atoms with Gasteiger partial charge in [-0.15, -0.1) is 0 Å². The van der Waals surface area contributed by atoms with Gasteiger partial charge in [-0.05, 0) is 0 Å². The zero-order chi connectivity index (χ0) is 7.72. The smallest absolute Gasteiger partial charge is 0.252 e. The van der Waals surface area contributed by atoms with E-state index in [0.717, 1.165) is 4.90 Å². The Hall–Kier alpha value is -1.16. The molecule has 0 saturated carbocycles. The molecule has 54 valence electrons. The van der Waals surface area contributed by atoms with Gasteiger partial charge in [-0.1, -0.05) is 6.08 Å². The van der Waals surface area contributed by atoms with E-state index in [1.807, 2.05) is 0 Å². The quantitative estimate of drug-likeness (QED) is 0.433. The Bertz CT molecular complexity index is 210. The third-order valence-corrected chi connectivity index (χ3v) is 1.39. The summed E-state index contributed by atoms with van der Waals surface area (Å²) in [5, 5.41) is 0. The first-order chi connectivity index (χ1) is 4.63. The first kappa shape index (κ1) is 6.95. The predicted octanol–water partition coefficient (Wildman–Crippen LogP) is -1.13. The van der Waals surface area contributed by atoms with Crippen molar-refractivity contribution >= 4 is 11.8 Å². The summed E-state index contributed by atoms with van der Waals surface area (Å²) in [4.78, 5) is 22.6. The molecular formula is C6H8N2O2. The van der Waals surface area contributed by atoms with Gasteiger partial charge in [-0.25, -0.2) is 0 Å².